The Hall–Kier alpha value is -4.72. The van der Waals surface area contributed by atoms with Gasteiger partial charge < -0.3 is 9.47 Å². The van der Waals surface area contributed by atoms with Crippen LogP contribution in [0.1, 0.15) is 29.2 Å². The van der Waals surface area contributed by atoms with Crippen LogP contribution in [-0.4, -0.2) is 25.0 Å². The molecule has 0 saturated carbocycles. The average molecular weight is 515 g/mol. The third-order valence-corrected chi connectivity index (χ3v) is 6.08. The minimum Gasteiger partial charge on any atom is -0.493 e. The number of benzene rings is 3. The van der Waals surface area contributed by atoms with E-state index in [1.54, 1.807) is 48.5 Å². The first-order valence-electron chi connectivity index (χ1n) is 12.0. The number of halogens is 1. The summed E-state index contributed by atoms with van der Waals surface area (Å²) in [5.74, 6) is -1.20. The predicted octanol–water partition coefficient (Wildman–Crippen LogP) is 5.37. The number of amides is 4. The zero-order chi connectivity index (χ0) is 27.2. The molecule has 194 valence electrons. The molecule has 38 heavy (non-hydrogen) atoms. The summed E-state index contributed by atoms with van der Waals surface area (Å²) >= 11 is 0. The van der Waals surface area contributed by atoms with Gasteiger partial charge in [0.2, 0.25) is 0 Å². The Morgan fingerprint density at radius 1 is 1.03 bits per heavy atom. The molecule has 1 heterocycles. The van der Waals surface area contributed by atoms with E-state index in [0.29, 0.717) is 40.3 Å². The Morgan fingerprint density at radius 2 is 1.76 bits per heavy atom. The average Bonchev–Trinajstić information content (AvgIpc) is 2.91. The van der Waals surface area contributed by atoms with Crippen molar-refractivity contribution in [3.05, 3.63) is 107 Å². The van der Waals surface area contributed by atoms with Crippen LogP contribution in [0.25, 0.3) is 6.08 Å². The minimum absolute atomic E-state index is 0.0254. The lowest BCUT2D eigenvalue weighted by Gasteiger charge is -2.26. The lowest BCUT2D eigenvalue weighted by Crippen LogP contribution is -2.54. The number of imide groups is 2. The van der Waals surface area contributed by atoms with Gasteiger partial charge in [-0.2, -0.15) is 0 Å². The van der Waals surface area contributed by atoms with Crippen molar-refractivity contribution >= 4 is 29.6 Å². The van der Waals surface area contributed by atoms with Gasteiger partial charge in [-0.25, -0.2) is 14.1 Å². The number of allylic oxidation sites excluding steroid dienone is 1. The number of hydrogen-bond acceptors (Lipinski definition) is 5. The van der Waals surface area contributed by atoms with E-state index in [4.69, 9.17) is 9.47 Å². The summed E-state index contributed by atoms with van der Waals surface area (Å²) in [5, 5.41) is 2.23. The van der Waals surface area contributed by atoms with Gasteiger partial charge in [-0.15, -0.1) is 6.58 Å². The Balaban J connectivity index is 1.69. The number of barbiturate groups is 1. The van der Waals surface area contributed by atoms with E-state index in [0.717, 1.165) is 16.9 Å². The van der Waals surface area contributed by atoms with Gasteiger partial charge in [0.15, 0.2) is 11.5 Å². The van der Waals surface area contributed by atoms with Crippen molar-refractivity contribution in [1.82, 2.24) is 5.32 Å². The van der Waals surface area contributed by atoms with Gasteiger partial charge in [0.05, 0.1) is 12.8 Å². The molecule has 1 N–H and O–H groups in total. The van der Waals surface area contributed by atoms with Crippen molar-refractivity contribution in [2.24, 2.45) is 0 Å². The van der Waals surface area contributed by atoms with Gasteiger partial charge in [0.1, 0.15) is 18.0 Å². The van der Waals surface area contributed by atoms with Crippen LogP contribution < -0.4 is 19.7 Å². The highest BCUT2D eigenvalue weighted by atomic mass is 19.1. The number of rotatable bonds is 9. The highest BCUT2D eigenvalue weighted by Gasteiger charge is 2.36. The fraction of sp³-hybridized carbons (Fsp3) is 0.167. The van der Waals surface area contributed by atoms with Crippen molar-refractivity contribution in [1.29, 1.82) is 0 Å². The van der Waals surface area contributed by atoms with Gasteiger partial charge in [-0.3, -0.25) is 14.9 Å². The number of aryl methyl sites for hydroxylation is 1. The second-order valence-corrected chi connectivity index (χ2v) is 8.56. The summed E-state index contributed by atoms with van der Waals surface area (Å²) in [4.78, 5) is 39.4. The molecule has 0 radical (unpaired) electrons. The third kappa shape index (κ3) is 5.49. The second-order valence-electron chi connectivity index (χ2n) is 8.56. The molecule has 0 atom stereocenters. The summed E-state index contributed by atoms with van der Waals surface area (Å²) in [6.45, 7) is 5.76. The van der Waals surface area contributed by atoms with E-state index in [9.17, 15) is 18.8 Å². The molecule has 0 aliphatic carbocycles. The van der Waals surface area contributed by atoms with Crippen LogP contribution in [-0.2, 0) is 29.0 Å². The third-order valence-electron chi connectivity index (χ3n) is 6.08. The van der Waals surface area contributed by atoms with Gasteiger partial charge in [-0.05, 0) is 60.4 Å². The maximum Gasteiger partial charge on any atom is 0.335 e. The van der Waals surface area contributed by atoms with Crippen LogP contribution in [0.15, 0.2) is 78.9 Å². The number of carbonyl (C=O) groups excluding carboxylic acids is 3. The van der Waals surface area contributed by atoms with Crippen LogP contribution >= 0.6 is 0 Å². The summed E-state index contributed by atoms with van der Waals surface area (Å²) in [6, 6.07) is 15.8. The maximum atomic E-state index is 14.1. The Labute approximate surface area is 220 Å². The van der Waals surface area contributed by atoms with E-state index in [1.165, 1.54) is 19.3 Å². The zero-order valence-electron chi connectivity index (χ0n) is 21.1. The molecular weight excluding hydrogens is 487 g/mol. The molecule has 0 aromatic heterocycles. The van der Waals surface area contributed by atoms with Crippen molar-refractivity contribution in [3.8, 4) is 11.5 Å². The van der Waals surface area contributed by atoms with Crippen LogP contribution in [0.2, 0.25) is 0 Å². The lowest BCUT2D eigenvalue weighted by molar-refractivity contribution is -0.122. The highest BCUT2D eigenvalue weighted by molar-refractivity contribution is 6.39. The minimum atomic E-state index is -0.816. The number of ether oxygens (including phenoxy) is 2. The van der Waals surface area contributed by atoms with Crippen LogP contribution in [0.3, 0.4) is 0 Å². The quantitative estimate of drug-likeness (QED) is 0.236. The van der Waals surface area contributed by atoms with Crippen molar-refractivity contribution in [2.75, 3.05) is 12.0 Å². The number of hydrogen-bond donors (Lipinski definition) is 1. The zero-order valence-corrected chi connectivity index (χ0v) is 21.1. The fourth-order valence-corrected chi connectivity index (χ4v) is 4.09. The molecule has 3 aromatic carbocycles. The number of nitrogens with one attached hydrogen (secondary N) is 1. The van der Waals surface area contributed by atoms with E-state index < -0.39 is 17.8 Å². The van der Waals surface area contributed by atoms with E-state index in [1.807, 2.05) is 19.1 Å². The molecule has 8 heteroatoms. The predicted molar refractivity (Wildman–Crippen MR) is 142 cm³/mol. The molecule has 0 spiro atoms. The first-order valence-corrected chi connectivity index (χ1v) is 12.0. The highest BCUT2D eigenvalue weighted by Crippen LogP contribution is 2.35. The summed E-state index contributed by atoms with van der Waals surface area (Å²) < 4.78 is 25.6. The SMILES string of the molecule is C=CCc1cc(/C=C2/C(=O)NC(=O)N(c3ccc(CC)cc3)C2=O)cc(OC)c1OCc1ccccc1F. The molecule has 1 aliphatic heterocycles. The molecule has 1 aliphatic rings. The van der Waals surface area contributed by atoms with Gasteiger partial charge in [0.25, 0.3) is 11.8 Å². The summed E-state index contributed by atoms with van der Waals surface area (Å²) in [5.41, 5.74) is 2.71. The van der Waals surface area contributed by atoms with Crippen LogP contribution in [0, 0.1) is 5.82 Å². The smallest absolute Gasteiger partial charge is 0.335 e. The van der Waals surface area contributed by atoms with Gasteiger partial charge >= 0.3 is 6.03 Å². The molecule has 4 rings (SSSR count). The van der Waals surface area contributed by atoms with E-state index >= 15 is 0 Å². The number of carbonyl (C=O) groups is 3. The fourth-order valence-electron chi connectivity index (χ4n) is 4.09. The molecule has 3 aromatic rings. The normalized spacial score (nSPS) is 14.4. The Morgan fingerprint density at radius 3 is 2.42 bits per heavy atom. The largest absolute Gasteiger partial charge is 0.493 e. The lowest BCUT2D eigenvalue weighted by atomic mass is 10.0. The van der Waals surface area contributed by atoms with Gasteiger partial charge in [-0.1, -0.05) is 43.3 Å². The van der Waals surface area contributed by atoms with Crippen molar-refractivity contribution < 1.29 is 28.2 Å². The summed E-state index contributed by atoms with van der Waals surface area (Å²) in [7, 11) is 1.46. The molecular formula is C30H27FN2O5. The van der Waals surface area contributed by atoms with Crippen LogP contribution in [0.4, 0.5) is 14.9 Å². The number of anilines is 1. The molecule has 1 saturated heterocycles. The first-order chi connectivity index (χ1) is 18.4. The Bertz CT molecular complexity index is 1430. The second kappa shape index (κ2) is 11.6. The van der Waals surface area contributed by atoms with Crippen LogP contribution in [0.5, 0.6) is 11.5 Å². The number of nitrogens with zero attached hydrogens (tertiary/aromatic N) is 1. The topological polar surface area (TPSA) is 84.9 Å². The van der Waals surface area contributed by atoms with Crippen molar-refractivity contribution in [2.45, 2.75) is 26.4 Å². The Kier molecular flexibility index (Phi) is 8.01. The van der Waals surface area contributed by atoms with E-state index in [-0.39, 0.29) is 18.0 Å². The monoisotopic (exact) mass is 514 g/mol. The maximum absolute atomic E-state index is 14.1. The number of methoxy groups -OCH3 is 1. The molecule has 7 nitrogen and oxygen atoms in total. The van der Waals surface area contributed by atoms with Gasteiger partial charge in [0, 0.05) is 11.1 Å². The molecule has 1 fully saturated rings. The van der Waals surface area contributed by atoms with E-state index in [2.05, 4.69) is 11.9 Å². The van der Waals surface area contributed by atoms with Crippen molar-refractivity contribution in [3.63, 3.8) is 0 Å². The number of urea groups is 1. The molecule has 0 bridgehead atoms. The first kappa shape index (κ1) is 26.3. The molecule has 4 amide bonds. The summed E-state index contributed by atoms with van der Waals surface area (Å²) in [6.07, 6.45) is 4.25. The standard InChI is InChI=1S/C30H27FN2O5/c1-4-8-21-15-20(17-26(37-3)27(21)38-18-22-9-6-7-10-25(22)31)16-24-28(34)32-30(36)33(29(24)35)23-13-11-19(5-2)12-14-23/h4,6-7,9-17H,1,5,8,18H2,2-3H3,(H,32,34,36)/b24-16-. The molecule has 0 unspecified atom stereocenters.